The van der Waals surface area contributed by atoms with E-state index < -0.39 is 6.04 Å². The highest BCUT2D eigenvalue weighted by atomic mass is 35.5. The zero-order valence-electron chi connectivity index (χ0n) is 16.8. The molecular formula is C21H20Cl2N4O2S2. The van der Waals surface area contributed by atoms with E-state index in [1.54, 1.807) is 18.2 Å². The van der Waals surface area contributed by atoms with Crippen molar-refractivity contribution in [3.8, 4) is 0 Å². The second-order valence-electron chi connectivity index (χ2n) is 6.78. The Kier molecular flexibility index (Phi) is 8.31. The fourth-order valence-electron chi connectivity index (χ4n) is 2.77. The van der Waals surface area contributed by atoms with Crippen LogP contribution in [0, 0.1) is 6.92 Å². The summed E-state index contributed by atoms with van der Waals surface area (Å²) in [6.07, 6.45) is 0.0833. The normalized spacial score (nSPS) is 11.7. The Hall–Kier alpha value is -2.13. The van der Waals surface area contributed by atoms with Crippen LogP contribution in [0.1, 0.15) is 36.1 Å². The van der Waals surface area contributed by atoms with Crippen molar-refractivity contribution in [2.24, 2.45) is 0 Å². The first-order valence-electron chi connectivity index (χ1n) is 9.34. The summed E-state index contributed by atoms with van der Waals surface area (Å²) in [7, 11) is 0. The second kappa shape index (κ2) is 10.9. The van der Waals surface area contributed by atoms with E-state index in [4.69, 9.17) is 23.2 Å². The monoisotopic (exact) mass is 494 g/mol. The molecule has 0 saturated heterocycles. The summed E-state index contributed by atoms with van der Waals surface area (Å²) in [5, 5.41) is 15.3. The van der Waals surface area contributed by atoms with E-state index in [1.807, 2.05) is 31.2 Å². The van der Waals surface area contributed by atoms with E-state index in [9.17, 15) is 9.59 Å². The summed E-state index contributed by atoms with van der Waals surface area (Å²) < 4.78 is 0.684. The third-order valence-electron chi connectivity index (χ3n) is 4.30. The van der Waals surface area contributed by atoms with Gasteiger partial charge in [0.1, 0.15) is 0 Å². The molecule has 6 nitrogen and oxygen atoms in total. The number of thioether (sulfide) groups is 1. The molecule has 31 heavy (non-hydrogen) atoms. The molecule has 3 rings (SSSR count). The van der Waals surface area contributed by atoms with Gasteiger partial charge in [-0.15, -0.1) is 10.2 Å². The lowest BCUT2D eigenvalue weighted by molar-refractivity contribution is -0.120. The number of benzene rings is 2. The number of amides is 2. The van der Waals surface area contributed by atoms with Crippen LogP contribution in [0.2, 0.25) is 10.0 Å². The summed E-state index contributed by atoms with van der Waals surface area (Å²) in [5.41, 5.74) is 2.79. The summed E-state index contributed by atoms with van der Waals surface area (Å²) >= 11 is 15.1. The topological polar surface area (TPSA) is 84.0 Å². The van der Waals surface area contributed by atoms with Gasteiger partial charge in [-0.05, 0) is 30.2 Å². The van der Waals surface area contributed by atoms with Gasteiger partial charge < -0.3 is 10.6 Å². The molecule has 1 unspecified atom stereocenters. The Bertz CT molecular complexity index is 1050. The van der Waals surface area contributed by atoms with E-state index in [-0.39, 0.29) is 18.2 Å². The van der Waals surface area contributed by atoms with E-state index >= 15 is 0 Å². The minimum Gasteiger partial charge on any atom is -0.349 e. The van der Waals surface area contributed by atoms with Crippen molar-refractivity contribution in [3.63, 3.8) is 0 Å². The van der Waals surface area contributed by atoms with Crippen molar-refractivity contribution < 1.29 is 9.59 Å². The predicted octanol–water partition coefficient (Wildman–Crippen LogP) is 5.65. The van der Waals surface area contributed by atoms with Crippen LogP contribution >= 0.6 is 46.3 Å². The molecule has 0 aliphatic heterocycles. The van der Waals surface area contributed by atoms with E-state index in [0.29, 0.717) is 25.3 Å². The van der Waals surface area contributed by atoms with E-state index in [0.717, 1.165) is 16.7 Å². The molecule has 1 heterocycles. The van der Waals surface area contributed by atoms with Crippen LogP contribution in [0.3, 0.4) is 0 Å². The largest absolute Gasteiger partial charge is 0.349 e. The number of anilines is 1. The fourth-order valence-corrected chi connectivity index (χ4v) is 5.28. The number of nitrogens with one attached hydrogen (secondary N) is 2. The van der Waals surface area contributed by atoms with Crippen LogP contribution in [-0.4, -0.2) is 22.0 Å². The lowest BCUT2D eigenvalue weighted by Gasteiger charge is -2.18. The van der Waals surface area contributed by atoms with Crippen LogP contribution in [0.5, 0.6) is 0 Å². The number of hydrogen-bond acceptors (Lipinski definition) is 6. The molecule has 162 valence electrons. The van der Waals surface area contributed by atoms with Crippen molar-refractivity contribution in [1.82, 2.24) is 15.5 Å². The summed E-state index contributed by atoms with van der Waals surface area (Å²) in [6, 6.07) is 12.6. The maximum atomic E-state index is 12.6. The van der Waals surface area contributed by atoms with Gasteiger partial charge >= 0.3 is 0 Å². The molecule has 0 aliphatic rings. The first-order chi connectivity index (χ1) is 14.8. The molecule has 2 amide bonds. The minimum atomic E-state index is -0.428. The third-order valence-corrected chi connectivity index (χ3v) is 7.01. The number of aryl methyl sites for hydroxylation is 1. The molecule has 0 spiro atoms. The molecule has 0 bridgehead atoms. The van der Waals surface area contributed by atoms with E-state index in [1.165, 1.54) is 30.0 Å². The quantitative estimate of drug-likeness (QED) is 0.312. The van der Waals surface area contributed by atoms with Crippen LogP contribution in [0.15, 0.2) is 46.8 Å². The molecule has 10 heteroatoms. The van der Waals surface area contributed by atoms with Gasteiger partial charge in [0.15, 0.2) is 4.34 Å². The van der Waals surface area contributed by atoms with Gasteiger partial charge in [-0.1, -0.05) is 82.2 Å². The van der Waals surface area contributed by atoms with Crippen LogP contribution < -0.4 is 10.6 Å². The van der Waals surface area contributed by atoms with Crippen molar-refractivity contribution in [2.45, 2.75) is 36.4 Å². The summed E-state index contributed by atoms with van der Waals surface area (Å²) in [6.45, 7) is 3.41. The molecule has 2 N–H and O–H groups in total. The van der Waals surface area contributed by atoms with Gasteiger partial charge in [0, 0.05) is 22.7 Å². The van der Waals surface area contributed by atoms with Crippen molar-refractivity contribution >= 4 is 63.2 Å². The average molecular weight is 495 g/mol. The van der Waals surface area contributed by atoms with Crippen molar-refractivity contribution in [2.75, 3.05) is 5.32 Å². The predicted molar refractivity (Wildman–Crippen MR) is 127 cm³/mol. The maximum absolute atomic E-state index is 12.6. The summed E-state index contributed by atoms with van der Waals surface area (Å²) in [4.78, 5) is 24.1. The van der Waals surface area contributed by atoms with Gasteiger partial charge in [0.25, 0.3) is 0 Å². The number of carbonyl (C=O) groups excluding carboxylic acids is 2. The SMILES string of the molecule is CC(=O)NC(CC(=O)Nc1nnc(SCc2c(Cl)cccc2Cl)s1)c1ccc(C)cc1. The van der Waals surface area contributed by atoms with E-state index in [2.05, 4.69) is 20.8 Å². The smallest absolute Gasteiger partial charge is 0.228 e. The average Bonchev–Trinajstić information content (AvgIpc) is 3.14. The molecule has 3 aromatic rings. The van der Waals surface area contributed by atoms with Gasteiger partial charge in [0.05, 0.1) is 12.5 Å². The van der Waals surface area contributed by atoms with Crippen LogP contribution in [0.4, 0.5) is 5.13 Å². The Labute approximate surface area is 198 Å². The number of nitrogens with zero attached hydrogens (tertiary/aromatic N) is 2. The number of halogens is 2. The highest BCUT2D eigenvalue weighted by Gasteiger charge is 2.18. The molecule has 1 aromatic heterocycles. The molecule has 0 fully saturated rings. The molecular weight excluding hydrogens is 475 g/mol. The Balaban J connectivity index is 1.60. The number of carbonyl (C=O) groups is 2. The highest BCUT2D eigenvalue weighted by molar-refractivity contribution is 8.00. The zero-order chi connectivity index (χ0) is 22.4. The minimum absolute atomic E-state index is 0.0833. The standard InChI is InChI=1S/C21H20Cl2N4O2S2/c1-12-6-8-14(9-7-12)18(24-13(2)28)10-19(29)25-20-26-27-21(31-20)30-11-15-16(22)4-3-5-17(15)23/h3-9,18H,10-11H2,1-2H3,(H,24,28)(H,25,26,29). The second-order valence-corrected chi connectivity index (χ2v) is 9.79. The first kappa shape index (κ1) is 23.5. The molecule has 2 aromatic carbocycles. The Morgan fingerprint density at radius 1 is 1.10 bits per heavy atom. The van der Waals surface area contributed by atoms with Crippen LogP contribution in [-0.2, 0) is 15.3 Å². The Morgan fingerprint density at radius 2 is 1.77 bits per heavy atom. The maximum Gasteiger partial charge on any atom is 0.228 e. The number of rotatable bonds is 8. The van der Waals surface area contributed by atoms with Crippen LogP contribution in [0.25, 0.3) is 0 Å². The lowest BCUT2D eigenvalue weighted by Crippen LogP contribution is -2.29. The van der Waals surface area contributed by atoms with Gasteiger partial charge in [-0.2, -0.15) is 0 Å². The zero-order valence-corrected chi connectivity index (χ0v) is 20.0. The highest BCUT2D eigenvalue weighted by Crippen LogP contribution is 2.33. The molecule has 0 radical (unpaired) electrons. The summed E-state index contributed by atoms with van der Waals surface area (Å²) in [5.74, 6) is 0.0754. The lowest BCUT2D eigenvalue weighted by atomic mass is 10.0. The van der Waals surface area contributed by atoms with Crippen molar-refractivity contribution in [3.05, 3.63) is 69.2 Å². The van der Waals surface area contributed by atoms with Gasteiger partial charge in [0.2, 0.25) is 16.9 Å². The Morgan fingerprint density at radius 3 is 2.42 bits per heavy atom. The molecule has 0 saturated carbocycles. The molecule has 1 atom stereocenters. The third kappa shape index (κ3) is 6.93. The van der Waals surface area contributed by atoms with Gasteiger partial charge in [-0.3, -0.25) is 9.59 Å². The fraction of sp³-hybridized carbons (Fsp3) is 0.238. The van der Waals surface area contributed by atoms with Gasteiger partial charge in [-0.25, -0.2) is 0 Å². The number of hydrogen-bond donors (Lipinski definition) is 2. The number of aromatic nitrogens is 2. The van der Waals surface area contributed by atoms with Crippen molar-refractivity contribution in [1.29, 1.82) is 0 Å². The first-order valence-corrected chi connectivity index (χ1v) is 11.9. The molecule has 0 aliphatic carbocycles.